The van der Waals surface area contributed by atoms with Crippen LogP contribution in [0.3, 0.4) is 0 Å². The first-order valence-corrected chi connectivity index (χ1v) is 8.87. The largest absolute Gasteiger partial charge is 0.454 e. The number of esters is 1. The van der Waals surface area contributed by atoms with Crippen molar-refractivity contribution >= 4 is 28.6 Å². The Morgan fingerprint density at radius 3 is 2.67 bits per heavy atom. The van der Waals surface area contributed by atoms with Crippen LogP contribution in [0, 0.1) is 0 Å². The lowest BCUT2D eigenvalue weighted by atomic mass is 10.1. The van der Waals surface area contributed by atoms with Crippen LogP contribution in [0.25, 0.3) is 11.0 Å². The van der Waals surface area contributed by atoms with Crippen LogP contribution in [-0.2, 0) is 11.3 Å². The van der Waals surface area contributed by atoms with Gasteiger partial charge < -0.3 is 4.74 Å². The minimum Gasteiger partial charge on any atom is -0.454 e. The van der Waals surface area contributed by atoms with E-state index >= 15 is 0 Å². The number of nitrogens with zero attached hydrogens (tertiary/aromatic N) is 2. The topological polar surface area (TPSA) is 94.1 Å². The quantitative estimate of drug-likeness (QED) is 0.679. The van der Waals surface area contributed by atoms with E-state index in [0.717, 1.165) is 5.56 Å². The number of halogens is 1. The number of aromatic nitrogens is 3. The molecule has 0 aliphatic carbocycles. The number of nitrogens with one attached hydrogen (secondary N) is 1. The number of pyridine rings is 1. The summed E-state index contributed by atoms with van der Waals surface area (Å²) in [6.07, 6.45) is 1.51. The second-order valence-corrected chi connectivity index (χ2v) is 6.54. The second-order valence-electron chi connectivity index (χ2n) is 6.11. The number of aryl methyl sites for hydroxylation is 1. The number of carbonyl (C=O) groups excluding carboxylic acids is 1. The van der Waals surface area contributed by atoms with Gasteiger partial charge in [-0.2, -0.15) is 0 Å². The van der Waals surface area contributed by atoms with Gasteiger partial charge in [-0.15, -0.1) is 0 Å². The van der Waals surface area contributed by atoms with E-state index in [0.29, 0.717) is 18.0 Å². The van der Waals surface area contributed by atoms with E-state index in [1.807, 2.05) is 6.92 Å². The van der Waals surface area contributed by atoms with Crippen molar-refractivity contribution in [3.63, 3.8) is 0 Å². The average Bonchev–Trinajstić information content (AvgIpc) is 2.65. The van der Waals surface area contributed by atoms with E-state index < -0.39 is 23.3 Å². The zero-order chi connectivity index (χ0) is 19.6. The highest BCUT2D eigenvalue weighted by molar-refractivity contribution is 6.30. The minimum absolute atomic E-state index is 0.135. The normalized spacial score (nSPS) is 12.1. The Kier molecular flexibility index (Phi) is 5.41. The lowest BCUT2D eigenvalue weighted by Crippen LogP contribution is -2.31. The molecule has 7 nitrogen and oxygen atoms in total. The summed E-state index contributed by atoms with van der Waals surface area (Å²) < 4.78 is 6.83. The van der Waals surface area contributed by atoms with E-state index in [9.17, 15) is 14.4 Å². The van der Waals surface area contributed by atoms with Crippen molar-refractivity contribution in [2.24, 2.45) is 0 Å². The van der Waals surface area contributed by atoms with Crippen LogP contribution in [0.1, 0.15) is 42.3 Å². The first kappa shape index (κ1) is 18.8. The smallest absolute Gasteiger partial charge is 0.340 e. The predicted octanol–water partition coefficient (Wildman–Crippen LogP) is 3.07. The molecule has 140 valence electrons. The van der Waals surface area contributed by atoms with Crippen LogP contribution in [-0.4, -0.2) is 20.5 Å². The number of rotatable bonds is 5. The number of ether oxygens (including phenoxy) is 1. The zero-order valence-corrected chi connectivity index (χ0v) is 15.6. The molecule has 0 aliphatic rings. The number of H-pyrrole nitrogens is 1. The van der Waals surface area contributed by atoms with Gasteiger partial charge in [-0.3, -0.25) is 14.3 Å². The van der Waals surface area contributed by atoms with Crippen LogP contribution in [0.15, 0.2) is 46.1 Å². The fourth-order valence-electron chi connectivity index (χ4n) is 2.74. The monoisotopic (exact) mass is 387 g/mol. The van der Waals surface area contributed by atoms with Crippen LogP contribution in [0.2, 0.25) is 5.02 Å². The van der Waals surface area contributed by atoms with Gasteiger partial charge in [0.05, 0.1) is 10.9 Å². The molecule has 2 aromatic heterocycles. The molecule has 1 N–H and O–H groups in total. The molecule has 2 heterocycles. The Labute approximate surface area is 159 Å². The Hall–Kier alpha value is -2.93. The van der Waals surface area contributed by atoms with Gasteiger partial charge in [0.15, 0.2) is 0 Å². The van der Waals surface area contributed by atoms with Crippen molar-refractivity contribution in [3.05, 3.63) is 73.5 Å². The van der Waals surface area contributed by atoms with E-state index in [-0.39, 0.29) is 16.6 Å². The number of hydrogen-bond acceptors (Lipinski definition) is 5. The molecular weight excluding hydrogens is 370 g/mol. The maximum atomic E-state index is 12.5. The lowest BCUT2D eigenvalue weighted by molar-refractivity contribution is 0.0337. The van der Waals surface area contributed by atoms with Gasteiger partial charge in [0.1, 0.15) is 11.8 Å². The van der Waals surface area contributed by atoms with Crippen LogP contribution < -0.4 is 11.2 Å². The number of carbonyl (C=O) groups is 1. The third-order valence-electron chi connectivity index (χ3n) is 4.14. The van der Waals surface area contributed by atoms with Crippen molar-refractivity contribution in [1.82, 2.24) is 14.5 Å². The summed E-state index contributed by atoms with van der Waals surface area (Å²) in [5.74, 6) is -0.612. The SMILES string of the molecule is CCCn1c(=O)[nH]c(=O)c2cc(C(=O)OC(C)c3ccc(Cl)cc3)cnc21. The molecule has 1 aromatic carbocycles. The Bertz CT molecular complexity index is 1100. The minimum atomic E-state index is -0.612. The maximum absolute atomic E-state index is 12.5. The highest BCUT2D eigenvalue weighted by Gasteiger charge is 2.17. The van der Waals surface area contributed by atoms with E-state index in [2.05, 4.69) is 9.97 Å². The van der Waals surface area contributed by atoms with Crippen LogP contribution in [0.5, 0.6) is 0 Å². The fraction of sp³-hybridized carbons (Fsp3) is 0.263. The number of hydrogen-bond donors (Lipinski definition) is 1. The molecule has 0 saturated heterocycles. The Morgan fingerprint density at radius 2 is 2.00 bits per heavy atom. The van der Waals surface area contributed by atoms with Gasteiger partial charge in [-0.05, 0) is 37.1 Å². The van der Waals surface area contributed by atoms with Crippen molar-refractivity contribution in [2.45, 2.75) is 32.9 Å². The summed E-state index contributed by atoms with van der Waals surface area (Å²) in [6, 6.07) is 8.36. The highest BCUT2D eigenvalue weighted by Crippen LogP contribution is 2.21. The third kappa shape index (κ3) is 3.93. The lowest BCUT2D eigenvalue weighted by Gasteiger charge is -2.14. The Morgan fingerprint density at radius 1 is 1.30 bits per heavy atom. The first-order chi connectivity index (χ1) is 12.9. The van der Waals surface area contributed by atoms with Gasteiger partial charge in [-0.25, -0.2) is 14.6 Å². The molecule has 0 fully saturated rings. The molecule has 3 rings (SSSR count). The molecule has 8 heteroatoms. The van der Waals surface area contributed by atoms with Crippen molar-refractivity contribution in [3.8, 4) is 0 Å². The van der Waals surface area contributed by atoms with Crippen LogP contribution >= 0.6 is 11.6 Å². The second kappa shape index (κ2) is 7.75. The van der Waals surface area contributed by atoms with Crippen molar-refractivity contribution in [1.29, 1.82) is 0 Å². The van der Waals surface area contributed by atoms with E-state index in [1.54, 1.807) is 31.2 Å². The molecule has 1 atom stereocenters. The number of fused-ring (bicyclic) bond motifs is 1. The van der Waals surface area contributed by atoms with Gasteiger partial charge in [0.25, 0.3) is 5.56 Å². The molecule has 27 heavy (non-hydrogen) atoms. The maximum Gasteiger partial charge on any atom is 0.340 e. The van der Waals surface area contributed by atoms with E-state index in [4.69, 9.17) is 16.3 Å². The standard InChI is InChI=1S/C19H18ClN3O4/c1-3-8-23-16-15(17(24)22-19(23)26)9-13(10-21-16)18(25)27-11(2)12-4-6-14(20)7-5-12/h4-7,9-11H,3,8H2,1-2H3,(H,22,24,26). The summed E-state index contributed by atoms with van der Waals surface area (Å²) in [4.78, 5) is 43.0. The fourth-order valence-corrected chi connectivity index (χ4v) is 2.87. The molecule has 0 aliphatic heterocycles. The summed E-state index contributed by atoms with van der Waals surface area (Å²) in [5.41, 5.74) is 0.0586. The first-order valence-electron chi connectivity index (χ1n) is 8.50. The van der Waals surface area contributed by atoms with Gasteiger partial charge in [0, 0.05) is 17.8 Å². The van der Waals surface area contributed by atoms with Crippen LogP contribution in [0.4, 0.5) is 0 Å². The molecular formula is C19H18ClN3O4. The average molecular weight is 388 g/mol. The van der Waals surface area contributed by atoms with Gasteiger partial charge in [-0.1, -0.05) is 30.7 Å². The summed E-state index contributed by atoms with van der Waals surface area (Å²) in [5, 5.41) is 0.755. The molecule has 0 radical (unpaired) electrons. The molecule has 0 saturated carbocycles. The summed E-state index contributed by atoms with van der Waals surface area (Å²) in [7, 11) is 0. The van der Waals surface area contributed by atoms with Gasteiger partial charge >= 0.3 is 11.7 Å². The van der Waals surface area contributed by atoms with Gasteiger partial charge in [0.2, 0.25) is 0 Å². The molecule has 0 bridgehead atoms. The molecule has 3 aromatic rings. The number of aromatic amines is 1. The summed E-state index contributed by atoms with van der Waals surface area (Å²) in [6.45, 7) is 4.06. The molecule has 0 amide bonds. The van der Waals surface area contributed by atoms with E-state index in [1.165, 1.54) is 16.8 Å². The van der Waals surface area contributed by atoms with Crippen molar-refractivity contribution < 1.29 is 9.53 Å². The molecule has 0 spiro atoms. The predicted molar refractivity (Wildman–Crippen MR) is 102 cm³/mol. The number of benzene rings is 1. The Balaban J connectivity index is 1.92. The molecule has 1 unspecified atom stereocenters. The third-order valence-corrected chi connectivity index (χ3v) is 4.39. The van der Waals surface area contributed by atoms with Crippen molar-refractivity contribution in [2.75, 3.05) is 0 Å². The highest BCUT2D eigenvalue weighted by atomic mass is 35.5. The zero-order valence-electron chi connectivity index (χ0n) is 14.9. The summed E-state index contributed by atoms with van der Waals surface area (Å²) >= 11 is 5.86.